The molecule has 27 heavy (non-hydrogen) atoms. The van der Waals surface area contributed by atoms with E-state index in [0.717, 1.165) is 30.1 Å². The van der Waals surface area contributed by atoms with Crippen molar-refractivity contribution in [3.8, 4) is 5.75 Å². The van der Waals surface area contributed by atoms with Crippen LogP contribution < -0.4 is 15.4 Å². The lowest BCUT2D eigenvalue weighted by Gasteiger charge is -2.37. The summed E-state index contributed by atoms with van der Waals surface area (Å²) in [6.07, 6.45) is 3.81. The molecule has 1 aliphatic rings. The van der Waals surface area contributed by atoms with E-state index in [0.29, 0.717) is 19.3 Å². The molecule has 1 aromatic heterocycles. The molecule has 1 fully saturated rings. The van der Waals surface area contributed by atoms with Gasteiger partial charge in [0.05, 0.1) is 0 Å². The Morgan fingerprint density at radius 1 is 1.22 bits per heavy atom. The van der Waals surface area contributed by atoms with E-state index < -0.39 is 5.60 Å². The highest BCUT2D eigenvalue weighted by Gasteiger charge is 2.42. The summed E-state index contributed by atoms with van der Waals surface area (Å²) >= 11 is 0. The number of hydrogen-bond acceptors (Lipinski definition) is 4. The van der Waals surface area contributed by atoms with Crippen molar-refractivity contribution in [3.63, 3.8) is 0 Å². The molecular weight excluding hydrogens is 338 g/mol. The molecule has 1 aliphatic heterocycles. The fraction of sp³-hybridized carbons (Fsp3) is 0.455. The first-order chi connectivity index (χ1) is 13.0. The molecule has 0 saturated carbocycles. The Morgan fingerprint density at radius 3 is 2.59 bits per heavy atom. The standard InChI is InChI=1S/C22H29N3O2/c1-16-6-8-19(9-7-16)27-22(10-13-23-14-11-22)21(26)25-18(3)15-20-17(2)5-4-12-24-20/h4-9,12,18,23H,10-11,13-15H2,1-3H3,(H,25,26)/t18-/m0/s1. The first kappa shape index (κ1) is 19.4. The van der Waals surface area contributed by atoms with Gasteiger partial charge < -0.3 is 15.4 Å². The molecule has 0 spiro atoms. The second-order valence-electron chi connectivity index (χ2n) is 7.51. The predicted octanol–water partition coefficient (Wildman–Crippen LogP) is 2.95. The predicted molar refractivity (Wildman–Crippen MR) is 107 cm³/mol. The summed E-state index contributed by atoms with van der Waals surface area (Å²) in [5.41, 5.74) is 2.51. The van der Waals surface area contributed by atoms with Crippen LogP contribution in [-0.2, 0) is 11.2 Å². The summed E-state index contributed by atoms with van der Waals surface area (Å²) in [6, 6.07) is 11.9. The van der Waals surface area contributed by atoms with E-state index in [4.69, 9.17) is 4.74 Å². The van der Waals surface area contributed by atoms with E-state index in [9.17, 15) is 4.79 Å². The molecule has 0 aliphatic carbocycles. The quantitative estimate of drug-likeness (QED) is 0.824. The summed E-state index contributed by atoms with van der Waals surface area (Å²) in [6.45, 7) is 7.65. The fourth-order valence-corrected chi connectivity index (χ4v) is 3.47. The molecule has 0 bridgehead atoms. The lowest BCUT2D eigenvalue weighted by Crippen LogP contribution is -2.58. The van der Waals surface area contributed by atoms with Crippen LogP contribution in [0.3, 0.4) is 0 Å². The van der Waals surface area contributed by atoms with Gasteiger partial charge in [-0.15, -0.1) is 0 Å². The van der Waals surface area contributed by atoms with Gasteiger partial charge in [0, 0.05) is 37.2 Å². The largest absolute Gasteiger partial charge is 0.477 e. The van der Waals surface area contributed by atoms with Gasteiger partial charge >= 0.3 is 0 Å². The van der Waals surface area contributed by atoms with E-state index in [1.807, 2.05) is 57.2 Å². The lowest BCUT2D eigenvalue weighted by molar-refractivity contribution is -0.139. The summed E-state index contributed by atoms with van der Waals surface area (Å²) < 4.78 is 6.27. The number of aromatic nitrogens is 1. The lowest BCUT2D eigenvalue weighted by atomic mass is 9.90. The zero-order valence-corrected chi connectivity index (χ0v) is 16.4. The van der Waals surface area contributed by atoms with Crippen LogP contribution in [0.15, 0.2) is 42.6 Å². The highest BCUT2D eigenvalue weighted by molar-refractivity contribution is 5.86. The minimum absolute atomic E-state index is 0.0144. The Morgan fingerprint density at radius 2 is 1.93 bits per heavy atom. The summed E-state index contributed by atoms with van der Waals surface area (Å²) in [5.74, 6) is 0.705. The molecule has 0 radical (unpaired) electrons. The van der Waals surface area contributed by atoms with E-state index >= 15 is 0 Å². The highest BCUT2D eigenvalue weighted by Crippen LogP contribution is 2.27. The van der Waals surface area contributed by atoms with Gasteiger partial charge in [-0.05, 0) is 57.6 Å². The topological polar surface area (TPSA) is 63.2 Å². The average Bonchev–Trinajstić information content (AvgIpc) is 2.66. The number of hydrogen-bond donors (Lipinski definition) is 2. The van der Waals surface area contributed by atoms with Crippen LogP contribution >= 0.6 is 0 Å². The summed E-state index contributed by atoms with van der Waals surface area (Å²) in [5, 5.41) is 6.49. The normalized spacial score (nSPS) is 17.1. The number of carbonyl (C=O) groups excluding carboxylic acids is 1. The van der Waals surface area contributed by atoms with Gasteiger partial charge in [-0.25, -0.2) is 0 Å². The van der Waals surface area contributed by atoms with Gasteiger partial charge in [0.1, 0.15) is 5.75 Å². The van der Waals surface area contributed by atoms with Gasteiger partial charge in [-0.2, -0.15) is 0 Å². The van der Waals surface area contributed by atoms with Crippen molar-refractivity contribution < 1.29 is 9.53 Å². The van der Waals surface area contributed by atoms with E-state index in [2.05, 4.69) is 15.6 Å². The SMILES string of the molecule is Cc1ccc(OC2(C(=O)N[C@@H](C)Cc3ncccc3C)CCNCC2)cc1. The van der Waals surface area contributed by atoms with E-state index in [1.165, 1.54) is 5.56 Å². The number of benzene rings is 1. The first-order valence-corrected chi connectivity index (χ1v) is 9.66. The summed E-state index contributed by atoms with van der Waals surface area (Å²) in [7, 11) is 0. The number of pyridine rings is 1. The maximum atomic E-state index is 13.2. The van der Waals surface area contributed by atoms with Crippen molar-refractivity contribution in [2.75, 3.05) is 13.1 Å². The first-order valence-electron chi connectivity index (χ1n) is 9.66. The molecular formula is C22H29N3O2. The Kier molecular flexibility index (Phi) is 6.11. The number of amides is 1. The average molecular weight is 367 g/mol. The third kappa shape index (κ3) is 4.86. The van der Waals surface area contributed by atoms with Gasteiger partial charge in [0.15, 0.2) is 5.60 Å². The maximum absolute atomic E-state index is 13.2. The van der Waals surface area contributed by atoms with Crippen LogP contribution in [0.1, 0.15) is 36.6 Å². The van der Waals surface area contributed by atoms with Gasteiger partial charge in [-0.3, -0.25) is 9.78 Å². The molecule has 3 rings (SSSR count). The molecule has 1 saturated heterocycles. The van der Waals surface area contributed by atoms with Crippen molar-refractivity contribution >= 4 is 5.91 Å². The Hall–Kier alpha value is -2.40. The molecule has 1 atom stereocenters. The van der Waals surface area contributed by atoms with Gasteiger partial charge in [0.2, 0.25) is 0 Å². The molecule has 2 aromatic rings. The third-order valence-electron chi connectivity index (χ3n) is 5.15. The zero-order chi connectivity index (χ0) is 19.3. The van der Waals surface area contributed by atoms with Crippen LogP contribution in [0.5, 0.6) is 5.75 Å². The molecule has 2 N–H and O–H groups in total. The second kappa shape index (κ2) is 8.53. The molecule has 1 aromatic carbocycles. The number of nitrogens with zero attached hydrogens (tertiary/aromatic N) is 1. The molecule has 144 valence electrons. The van der Waals surface area contributed by atoms with Crippen LogP contribution in [-0.4, -0.2) is 35.6 Å². The number of aryl methyl sites for hydroxylation is 2. The number of piperidine rings is 1. The van der Waals surface area contributed by atoms with Crippen LogP contribution in [0.2, 0.25) is 0 Å². The van der Waals surface area contributed by atoms with E-state index in [1.54, 1.807) is 6.20 Å². The third-order valence-corrected chi connectivity index (χ3v) is 5.15. The van der Waals surface area contributed by atoms with Crippen molar-refractivity contribution in [1.29, 1.82) is 0 Å². The van der Waals surface area contributed by atoms with Crippen molar-refractivity contribution in [1.82, 2.24) is 15.6 Å². The van der Waals surface area contributed by atoms with Crippen LogP contribution in [0, 0.1) is 13.8 Å². The number of carbonyl (C=O) groups is 1. The number of rotatable bonds is 6. The zero-order valence-electron chi connectivity index (χ0n) is 16.4. The minimum Gasteiger partial charge on any atom is -0.477 e. The Balaban J connectivity index is 1.71. The van der Waals surface area contributed by atoms with Gasteiger partial charge in [-0.1, -0.05) is 23.8 Å². The van der Waals surface area contributed by atoms with Crippen LogP contribution in [0.4, 0.5) is 0 Å². The second-order valence-corrected chi connectivity index (χ2v) is 7.51. The van der Waals surface area contributed by atoms with Crippen molar-refractivity contribution in [3.05, 3.63) is 59.4 Å². The smallest absolute Gasteiger partial charge is 0.264 e. The fourth-order valence-electron chi connectivity index (χ4n) is 3.47. The molecule has 0 unspecified atom stereocenters. The van der Waals surface area contributed by atoms with Gasteiger partial charge in [0.25, 0.3) is 5.91 Å². The Labute approximate surface area is 161 Å². The molecule has 5 nitrogen and oxygen atoms in total. The number of nitrogens with one attached hydrogen (secondary N) is 2. The van der Waals surface area contributed by atoms with Crippen molar-refractivity contribution in [2.24, 2.45) is 0 Å². The Bertz CT molecular complexity index is 767. The highest BCUT2D eigenvalue weighted by atomic mass is 16.5. The minimum atomic E-state index is -0.825. The molecule has 2 heterocycles. The van der Waals surface area contributed by atoms with Crippen LogP contribution in [0.25, 0.3) is 0 Å². The molecule has 1 amide bonds. The molecule has 5 heteroatoms. The number of ether oxygens (including phenoxy) is 1. The maximum Gasteiger partial charge on any atom is 0.264 e. The van der Waals surface area contributed by atoms with Crippen molar-refractivity contribution in [2.45, 2.75) is 51.7 Å². The summed E-state index contributed by atoms with van der Waals surface area (Å²) in [4.78, 5) is 17.6. The van der Waals surface area contributed by atoms with E-state index in [-0.39, 0.29) is 11.9 Å². The monoisotopic (exact) mass is 367 g/mol.